The molecule has 0 heterocycles. The topological polar surface area (TPSA) is 29.3 Å². The van der Waals surface area contributed by atoms with E-state index >= 15 is 0 Å². The average Bonchev–Trinajstić information content (AvgIpc) is 2.21. The van der Waals surface area contributed by atoms with Crippen LogP contribution in [0, 0.1) is 5.92 Å². The molecule has 0 saturated heterocycles. The van der Waals surface area contributed by atoms with Gasteiger partial charge >= 0.3 is 0 Å². The van der Waals surface area contributed by atoms with Gasteiger partial charge in [-0.25, -0.2) is 0 Å². The fraction of sp³-hybridized carbons (Fsp3) is 0.538. The molecular weight excluding hydrogens is 300 g/mol. The van der Waals surface area contributed by atoms with Crippen molar-refractivity contribution in [3.8, 4) is 0 Å². The van der Waals surface area contributed by atoms with Crippen molar-refractivity contribution < 1.29 is 0 Å². The van der Waals surface area contributed by atoms with Gasteiger partial charge in [0.05, 0.1) is 0 Å². The van der Waals surface area contributed by atoms with E-state index in [-0.39, 0.29) is 0 Å². The first-order valence-corrected chi connectivity index (χ1v) is 7.06. The molecule has 1 aromatic rings. The van der Waals surface area contributed by atoms with Gasteiger partial charge in [-0.1, -0.05) is 47.4 Å². The minimum absolute atomic E-state index is 0.635. The van der Waals surface area contributed by atoms with Gasteiger partial charge in [-0.3, -0.25) is 4.90 Å². The van der Waals surface area contributed by atoms with E-state index in [1.165, 1.54) is 0 Å². The summed E-state index contributed by atoms with van der Waals surface area (Å²) in [7, 11) is 0. The Labute approximate surface area is 117 Å². The van der Waals surface area contributed by atoms with Gasteiger partial charge in [0, 0.05) is 35.7 Å². The van der Waals surface area contributed by atoms with Crippen LogP contribution in [0.5, 0.6) is 0 Å². The molecule has 96 valence electrons. The predicted octanol–water partition coefficient (Wildman–Crippen LogP) is 3.52. The maximum Gasteiger partial charge on any atom is 0.0462 e. The number of benzene rings is 1. The lowest BCUT2D eigenvalue weighted by atomic mass is 10.1. The molecule has 0 aliphatic heterocycles. The highest BCUT2D eigenvalue weighted by Gasteiger charge is 2.09. The fourth-order valence-corrected chi connectivity index (χ4v) is 2.56. The second-order valence-electron chi connectivity index (χ2n) is 4.65. The number of nitrogens with two attached hydrogens (primary N) is 1. The number of rotatable bonds is 6. The van der Waals surface area contributed by atoms with Crippen LogP contribution < -0.4 is 5.73 Å². The second-order valence-corrected chi connectivity index (χ2v) is 5.98. The summed E-state index contributed by atoms with van der Waals surface area (Å²) in [5, 5.41) is 0.810. The minimum atomic E-state index is 0.635. The molecule has 0 unspecified atom stereocenters. The largest absolute Gasteiger partial charge is 0.329 e. The predicted molar refractivity (Wildman–Crippen MR) is 78.3 cm³/mol. The highest BCUT2D eigenvalue weighted by molar-refractivity contribution is 9.10. The van der Waals surface area contributed by atoms with Crippen LogP contribution in [-0.4, -0.2) is 24.5 Å². The molecule has 2 nitrogen and oxygen atoms in total. The van der Waals surface area contributed by atoms with Gasteiger partial charge in [-0.15, -0.1) is 0 Å². The minimum Gasteiger partial charge on any atom is -0.329 e. The molecule has 4 heteroatoms. The Kier molecular flexibility index (Phi) is 6.49. The summed E-state index contributed by atoms with van der Waals surface area (Å²) in [6, 6.07) is 6.03. The van der Waals surface area contributed by atoms with Crippen LogP contribution in [0.3, 0.4) is 0 Å². The molecule has 2 N–H and O–H groups in total. The molecule has 0 aliphatic rings. The van der Waals surface area contributed by atoms with E-state index in [2.05, 4.69) is 40.7 Å². The van der Waals surface area contributed by atoms with Crippen LogP contribution in [0.4, 0.5) is 0 Å². The van der Waals surface area contributed by atoms with Crippen molar-refractivity contribution in [2.45, 2.75) is 20.4 Å². The van der Waals surface area contributed by atoms with Crippen LogP contribution in [0.25, 0.3) is 0 Å². The Bertz CT molecular complexity index is 355. The maximum atomic E-state index is 6.22. The van der Waals surface area contributed by atoms with Gasteiger partial charge in [-0.2, -0.15) is 0 Å². The van der Waals surface area contributed by atoms with Gasteiger partial charge in [0.15, 0.2) is 0 Å². The van der Waals surface area contributed by atoms with Crippen molar-refractivity contribution in [1.29, 1.82) is 0 Å². The average molecular weight is 320 g/mol. The molecule has 1 aromatic carbocycles. The summed E-state index contributed by atoms with van der Waals surface area (Å²) in [6.45, 7) is 7.93. The molecule has 0 bridgehead atoms. The van der Waals surface area contributed by atoms with Crippen LogP contribution >= 0.6 is 27.5 Å². The highest BCUT2D eigenvalue weighted by atomic mass is 79.9. The Morgan fingerprint density at radius 2 is 2.12 bits per heavy atom. The van der Waals surface area contributed by atoms with Gasteiger partial charge in [0.1, 0.15) is 0 Å². The Morgan fingerprint density at radius 1 is 1.41 bits per heavy atom. The molecule has 0 spiro atoms. The molecule has 0 amide bonds. The quantitative estimate of drug-likeness (QED) is 0.869. The van der Waals surface area contributed by atoms with Crippen molar-refractivity contribution in [1.82, 2.24) is 4.90 Å². The first-order valence-electron chi connectivity index (χ1n) is 5.89. The third-order valence-corrected chi connectivity index (χ3v) is 3.32. The number of hydrogen-bond acceptors (Lipinski definition) is 2. The molecule has 1 rings (SSSR count). The smallest absolute Gasteiger partial charge is 0.0462 e. The van der Waals surface area contributed by atoms with Crippen molar-refractivity contribution in [2.24, 2.45) is 11.7 Å². The van der Waals surface area contributed by atoms with Crippen molar-refractivity contribution in [3.05, 3.63) is 33.3 Å². The third kappa shape index (κ3) is 5.38. The summed E-state index contributed by atoms with van der Waals surface area (Å²) in [4.78, 5) is 2.35. The van der Waals surface area contributed by atoms with Gasteiger partial charge < -0.3 is 5.73 Å². The van der Waals surface area contributed by atoms with E-state index in [0.29, 0.717) is 12.5 Å². The summed E-state index contributed by atoms with van der Waals surface area (Å²) in [5.74, 6) is 0.635. The van der Waals surface area contributed by atoms with E-state index < -0.39 is 0 Å². The van der Waals surface area contributed by atoms with Crippen LogP contribution in [0.2, 0.25) is 5.02 Å². The monoisotopic (exact) mass is 318 g/mol. The Morgan fingerprint density at radius 3 is 2.65 bits per heavy atom. The molecule has 0 aliphatic carbocycles. The van der Waals surface area contributed by atoms with Gasteiger partial charge in [-0.05, 0) is 23.6 Å². The van der Waals surface area contributed by atoms with Crippen molar-refractivity contribution in [2.75, 3.05) is 19.6 Å². The summed E-state index contributed by atoms with van der Waals surface area (Å²) in [6.07, 6.45) is 0. The molecule has 0 saturated carbocycles. The van der Waals surface area contributed by atoms with E-state index in [1.807, 2.05) is 12.1 Å². The number of halogens is 2. The molecule has 0 atom stereocenters. The first kappa shape index (κ1) is 15.0. The summed E-state index contributed by atoms with van der Waals surface area (Å²) >= 11 is 9.64. The zero-order valence-corrected chi connectivity index (χ0v) is 12.8. The van der Waals surface area contributed by atoms with E-state index in [4.69, 9.17) is 17.3 Å². The lowest BCUT2D eigenvalue weighted by Gasteiger charge is -2.24. The highest BCUT2D eigenvalue weighted by Crippen LogP contribution is 2.22. The number of hydrogen-bond donors (Lipinski definition) is 1. The molecule has 0 aromatic heterocycles. The van der Waals surface area contributed by atoms with Crippen LogP contribution in [0.1, 0.15) is 19.4 Å². The molecular formula is C13H20BrClN2. The molecule has 0 fully saturated rings. The SMILES string of the molecule is CC(C)CN(CCN)Cc1ccc(Br)cc1Cl. The third-order valence-electron chi connectivity index (χ3n) is 2.48. The summed E-state index contributed by atoms with van der Waals surface area (Å²) in [5.41, 5.74) is 6.80. The molecule has 17 heavy (non-hydrogen) atoms. The zero-order valence-electron chi connectivity index (χ0n) is 10.4. The fourth-order valence-electron chi connectivity index (χ4n) is 1.82. The normalized spacial score (nSPS) is 11.5. The van der Waals surface area contributed by atoms with Gasteiger partial charge in [0.25, 0.3) is 0 Å². The van der Waals surface area contributed by atoms with Crippen LogP contribution in [0.15, 0.2) is 22.7 Å². The lowest BCUT2D eigenvalue weighted by Crippen LogP contribution is -2.32. The van der Waals surface area contributed by atoms with E-state index in [1.54, 1.807) is 0 Å². The first-order chi connectivity index (χ1) is 8.02. The standard InChI is InChI=1S/C13H20BrClN2/c1-10(2)8-17(6-5-16)9-11-3-4-12(14)7-13(11)15/h3-4,7,10H,5-6,8-9,16H2,1-2H3. The molecule has 0 radical (unpaired) electrons. The Balaban J connectivity index is 2.71. The second kappa shape index (κ2) is 7.37. The maximum absolute atomic E-state index is 6.22. The van der Waals surface area contributed by atoms with Crippen LogP contribution in [-0.2, 0) is 6.54 Å². The zero-order chi connectivity index (χ0) is 12.8. The van der Waals surface area contributed by atoms with E-state index in [9.17, 15) is 0 Å². The summed E-state index contributed by atoms with van der Waals surface area (Å²) < 4.78 is 1.01. The van der Waals surface area contributed by atoms with Crippen molar-refractivity contribution >= 4 is 27.5 Å². The lowest BCUT2D eigenvalue weighted by molar-refractivity contribution is 0.242. The number of nitrogens with zero attached hydrogens (tertiary/aromatic N) is 1. The van der Waals surface area contributed by atoms with Crippen molar-refractivity contribution in [3.63, 3.8) is 0 Å². The van der Waals surface area contributed by atoms with E-state index in [0.717, 1.165) is 34.7 Å². The van der Waals surface area contributed by atoms with Gasteiger partial charge in [0.2, 0.25) is 0 Å². The Hall–Kier alpha value is -0.0900.